The highest BCUT2D eigenvalue weighted by Crippen LogP contribution is 2.23. The van der Waals surface area contributed by atoms with Gasteiger partial charge in [0.2, 0.25) is 0 Å². The third-order valence-corrected chi connectivity index (χ3v) is 4.12. The number of hydrogen-bond acceptors (Lipinski definition) is 4. The normalized spacial score (nSPS) is 10.4. The predicted octanol–water partition coefficient (Wildman–Crippen LogP) is 5.50. The van der Waals surface area contributed by atoms with Crippen molar-refractivity contribution < 1.29 is 0 Å². The van der Waals surface area contributed by atoms with Gasteiger partial charge in [0.05, 0.1) is 0 Å². The molecule has 1 aromatic heterocycles. The van der Waals surface area contributed by atoms with Gasteiger partial charge >= 0.3 is 0 Å². The molecule has 0 amide bonds. The highest BCUT2D eigenvalue weighted by atomic mass is 15.1. The number of anilines is 3. The van der Waals surface area contributed by atoms with E-state index in [4.69, 9.17) is 9.97 Å². The minimum atomic E-state index is 0.687. The van der Waals surface area contributed by atoms with Crippen molar-refractivity contribution in [1.29, 1.82) is 0 Å². The number of benzene rings is 3. The molecule has 4 aromatic rings. The molecule has 0 unspecified atom stereocenters. The van der Waals surface area contributed by atoms with E-state index in [0.717, 1.165) is 22.9 Å². The molecule has 0 spiro atoms. The van der Waals surface area contributed by atoms with Crippen LogP contribution in [0.15, 0.2) is 97.1 Å². The second kappa shape index (κ2) is 8.15. The first-order valence-corrected chi connectivity index (χ1v) is 8.91. The van der Waals surface area contributed by atoms with Crippen LogP contribution in [-0.2, 0) is 6.54 Å². The Hall–Kier alpha value is -3.66. The number of rotatable bonds is 6. The summed E-state index contributed by atoms with van der Waals surface area (Å²) >= 11 is 0. The Balaban J connectivity index is 1.63. The van der Waals surface area contributed by atoms with E-state index in [-0.39, 0.29) is 0 Å². The van der Waals surface area contributed by atoms with Gasteiger partial charge in [-0.25, -0.2) is 9.97 Å². The topological polar surface area (TPSA) is 49.8 Å². The van der Waals surface area contributed by atoms with Gasteiger partial charge in [0.25, 0.3) is 0 Å². The fourth-order valence-electron chi connectivity index (χ4n) is 2.78. The van der Waals surface area contributed by atoms with Crippen LogP contribution in [0.1, 0.15) is 5.56 Å². The fourth-order valence-corrected chi connectivity index (χ4v) is 2.78. The zero-order valence-electron chi connectivity index (χ0n) is 14.8. The lowest BCUT2D eigenvalue weighted by Gasteiger charge is -2.12. The lowest BCUT2D eigenvalue weighted by molar-refractivity contribution is 1.09. The summed E-state index contributed by atoms with van der Waals surface area (Å²) in [7, 11) is 0. The van der Waals surface area contributed by atoms with Gasteiger partial charge in [-0.05, 0) is 17.7 Å². The van der Waals surface area contributed by atoms with Crippen LogP contribution in [0.3, 0.4) is 0 Å². The summed E-state index contributed by atoms with van der Waals surface area (Å²) in [4.78, 5) is 9.39. The summed E-state index contributed by atoms with van der Waals surface area (Å²) in [6.07, 6.45) is 0. The zero-order chi connectivity index (χ0) is 18.3. The molecule has 4 nitrogen and oxygen atoms in total. The van der Waals surface area contributed by atoms with E-state index in [1.807, 2.05) is 84.9 Å². The van der Waals surface area contributed by atoms with Crippen LogP contribution in [0.25, 0.3) is 11.4 Å². The minimum absolute atomic E-state index is 0.687. The molecule has 0 aliphatic carbocycles. The number of nitrogens with zero attached hydrogens (tertiary/aromatic N) is 2. The highest BCUT2D eigenvalue weighted by Gasteiger charge is 2.07. The van der Waals surface area contributed by atoms with Crippen molar-refractivity contribution in [3.63, 3.8) is 0 Å². The van der Waals surface area contributed by atoms with E-state index >= 15 is 0 Å². The molecule has 4 rings (SSSR count). The molecule has 27 heavy (non-hydrogen) atoms. The number of aromatic nitrogens is 2. The van der Waals surface area contributed by atoms with E-state index < -0.39 is 0 Å². The number of hydrogen-bond donors (Lipinski definition) is 2. The molecule has 0 atom stereocenters. The van der Waals surface area contributed by atoms with Gasteiger partial charge in [-0.3, -0.25) is 0 Å². The molecule has 1 heterocycles. The van der Waals surface area contributed by atoms with Crippen molar-refractivity contribution in [2.45, 2.75) is 6.54 Å². The Bertz CT molecular complexity index is 987. The molecule has 132 valence electrons. The predicted molar refractivity (Wildman–Crippen MR) is 111 cm³/mol. The van der Waals surface area contributed by atoms with E-state index in [1.54, 1.807) is 0 Å². The number of nitrogens with one attached hydrogen (secondary N) is 2. The second-order valence-corrected chi connectivity index (χ2v) is 6.16. The van der Waals surface area contributed by atoms with Crippen LogP contribution in [0.5, 0.6) is 0 Å². The van der Waals surface area contributed by atoms with Gasteiger partial charge in [-0.2, -0.15) is 0 Å². The molecular weight excluding hydrogens is 332 g/mol. The van der Waals surface area contributed by atoms with E-state index in [0.29, 0.717) is 12.4 Å². The maximum Gasteiger partial charge on any atom is 0.163 e. The van der Waals surface area contributed by atoms with Crippen LogP contribution in [0, 0.1) is 0 Å². The molecule has 0 radical (unpaired) electrons. The Morgan fingerprint density at radius 2 is 1.22 bits per heavy atom. The van der Waals surface area contributed by atoms with Crippen molar-refractivity contribution >= 4 is 17.3 Å². The summed E-state index contributed by atoms with van der Waals surface area (Å²) < 4.78 is 0. The third-order valence-electron chi connectivity index (χ3n) is 4.12. The lowest BCUT2D eigenvalue weighted by atomic mass is 10.2. The van der Waals surface area contributed by atoms with Gasteiger partial charge in [-0.15, -0.1) is 0 Å². The lowest BCUT2D eigenvalue weighted by Crippen LogP contribution is -2.05. The fraction of sp³-hybridized carbons (Fsp3) is 0.0435. The van der Waals surface area contributed by atoms with Crippen molar-refractivity contribution in [3.8, 4) is 11.4 Å². The summed E-state index contributed by atoms with van der Waals surface area (Å²) in [6.45, 7) is 0.705. The van der Waals surface area contributed by atoms with Gasteiger partial charge in [0.1, 0.15) is 11.6 Å². The van der Waals surface area contributed by atoms with Gasteiger partial charge in [-0.1, -0.05) is 78.9 Å². The largest absolute Gasteiger partial charge is 0.366 e. The van der Waals surface area contributed by atoms with Crippen LogP contribution in [-0.4, -0.2) is 9.97 Å². The molecule has 0 aliphatic rings. The summed E-state index contributed by atoms with van der Waals surface area (Å²) in [5.41, 5.74) is 3.18. The first-order chi connectivity index (χ1) is 13.4. The van der Waals surface area contributed by atoms with Crippen molar-refractivity contribution in [3.05, 3.63) is 103 Å². The quantitative estimate of drug-likeness (QED) is 0.481. The molecule has 3 aromatic carbocycles. The molecule has 2 N–H and O–H groups in total. The summed E-state index contributed by atoms with van der Waals surface area (Å²) in [5.74, 6) is 2.23. The second-order valence-electron chi connectivity index (χ2n) is 6.16. The van der Waals surface area contributed by atoms with Gasteiger partial charge in [0, 0.05) is 23.9 Å². The van der Waals surface area contributed by atoms with E-state index in [2.05, 4.69) is 22.8 Å². The molecule has 0 saturated heterocycles. The third kappa shape index (κ3) is 4.50. The van der Waals surface area contributed by atoms with Crippen molar-refractivity contribution in [2.75, 3.05) is 10.6 Å². The molecule has 0 saturated carbocycles. The Labute approximate surface area is 159 Å². The molecule has 0 aliphatic heterocycles. The van der Waals surface area contributed by atoms with E-state index in [9.17, 15) is 0 Å². The number of para-hydroxylation sites is 1. The smallest absolute Gasteiger partial charge is 0.163 e. The first-order valence-electron chi connectivity index (χ1n) is 8.91. The minimum Gasteiger partial charge on any atom is -0.366 e. The molecule has 0 fully saturated rings. The molecule has 0 bridgehead atoms. The SMILES string of the molecule is c1ccc(CNc2cc(Nc3ccccc3)nc(-c3ccccc3)n2)cc1. The maximum atomic E-state index is 4.70. The summed E-state index contributed by atoms with van der Waals surface area (Å²) in [5, 5.41) is 6.77. The molecule has 4 heteroatoms. The highest BCUT2D eigenvalue weighted by molar-refractivity contribution is 5.65. The Kier molecular flexibility index (Phi) is 5.07. The average Bonchev–Trinajstić information content (AvgIpc) is 2.74. The standard InChI is InChI=1S/C23H20N4/c1-4-10-18(11-5-1)17-24-21-16-22(25-20-14-8-3-9-15-20)27-23(26-21)19-12-6-2-7-13-19/h1-16H,17H2,(H2,24,25,26,27). The molecular formula is C23H20N4. The monoisotopic (exact) mass is 352 g/mol. The van der Waals surface area contributed by atoms with Crippen LogP contribution < -0.4 is 10.6 Å². The Morgan fingerprint density at radius 3 is 1.93 bits per heavy atom. The van der Waals surface area contributed by atoms with Crippen molar-refractivity contribution in [1.82, 2.24) is 9.97 Å². The maximum absolute atomic E-state index is 4.70. The van der Waals surface area contributed by atoms with Gasteiger partial charge < -0.3 is 10.6 Å². The van der Waals surface area contributed by atoms with Crippen LogP contribution in [0.4, 0.5) is 17.3 Å². The van der Waals surface area contributed by atoms with Gasteiger partial charge in [0.15, 0.2) is 5.82 Å². The van der Waals surface area contributed by atoms with Crippen LogP contribution in [0.2, 0.25) is 0 Å². The van der Waals surface area contributed by atoms with Crippen molar-refractivity contribution in [2.24, 2.45) is 0 Å². The Morgan fingerprint density at radius 1 is 0.630 bits per heavy atom. The van der Waals surface area contributed by atoms with E-state index in [1.165, 1.54) is 5.56 Å². The van der Waals surface area contributed by atoms with Crippen LogP contribution >= 0.6 is 0 Å². The summed E-state index contributed by atoms with van der Waals surface area (Å²) in [6, 6.07) is 32.2. The zero-order valence-corrected chi connectivity index (χ0v) is 14.8. The average molecular weight is 352 g/mol. The first kappa shape index (κ1) is 16.8.